The molecule has 0 bridgehead atoms. The standard InChI is InChI=1S/C72H54N2O/c1-4-5-6-9-16-52-25-27-54(28-26-52)57-33-40-63(41-34-57)73(64-42-35-58(36-43-64)56-31-29-55(30-32-56)53-17-10-7-11-18-53)51(3)24-23-50(2)59-38-45-71-67(47-59)68-49-61(39-46-72(68)75-71)60-37-44-70-66(48-60)65-21-14-15-22-69(65)74(70)62-19-12-8-13-20-62/h4-13,16-49H,1-3,14-15H2/b6-5-,16-9+,24-23-. The van der Waals surface area contributed by atoms with Crippen molar-refractivity contribution in [1.29, 1.82) is 0 Å². The van der Waals surface area contributed by atoms with Gasteiger partial charge < -0.3 is 13.9 Å². The van der Waals surface area contributed by atoms with E-state index in [0.29, 0.717) is 0 Å². The van der Waals surface area contributed by atoms with E-state index >= 15 is 0 Å². The van der Waals surface area contributed by atoms with Gasteiger partial charge in [-0.2, -0.15) is 0 Å². The highest BCUT2D eigenvalue weighted by Gasteiger charge is 2.17. The minimum atomic E-state index is 0.804. The lowest BCUT2D eigenvalue weighted by molar-refractivity contribution is 0.669. The highest BCUT2D eigenvalue weighted by atomic mass is 16.3. The molecule has 0 saturated heterocycles. The zero-order chi connectivity index (χ0) is 50.7. The van der Waals surface area contributed by atoms with E-state index in [1.165, 1.54) is 43.8 Å². The van der Waals surface area contributed by atoms with Gasteiger partial charge in [0.1, 0.15) is 11.2 Å². The van der Waals surface area contributed by atoms with Gasteiger partial charge in [-0.15, -0.1) is 0 Å². The van der Waals surface area contributed by atoms with Crippen LogP contribution >= 0.6 is 0 Å². The van der Waals surface area contributed by atoms with Gasteiger partial charge in [0.2, 0.25) is 0 Å². The van der Waals surface area contributed by atoms with Gasteiger partial charge in [0.05, 0.1) is 5.52 Å². The summed E-state index contributed by atoms with van der Waals surface area (Å²) in [6, 6.07) is 75.8. The Bertz CT molecular complexity index is 4170. The molecule has 0 aliphatic heterocycles. The summed E-state index contributed by atoms with van der Waals surface area (Å²) in [5, 5.41) is 5.99. The molecule has 1 aliphatic rings. The molecule has 3 heteroatoms. The molecule has 3 nitrogen and oxygen atoms in total. The fourth-order valence-corrected chi connectivity index (χ4v) is 10.4. The second kappa shape index (κ2) is 20.4. The van der Waals surface area contributed by atoms with Crippen LogP contribution in [-0.2, 0) is 0 Å². The Hall–Kier alpha value is -9.70. The van der Waals surface area contributed by atoms with E-state index in [0.717, 1.165) is 96.4 Å². The van der Waals surface area contributed by atoms with Gasteiger partial charge in [-0.25, -0.2) is 0 Å². The maximum Gasteiger partial charge on any atom is 0.135 e. The molecular weight excluding hydrogens is 909 g/mol. The van der Waals surface area contributed by atoms with Crippen molar-refractivity contribution in [2.24, 2.45) is 0 Å². The largest absolute Gasteiger partial charge is 0.456 e. The van der Waals surface area contributed by atoms with Crippen LogP contribution in [0.5, 0.6) is 0 Å². The molecule has 2 aromatic heterocycles. The van der Waals surface area contributed by atoms with E-state index < -0.39 is 0 Å². The van der Waals surface area contributed by atoms with Crippen molar-refractivity contribution in [3.05, 3.63) is 296 Å². The Balaban J connectivity index is 0.834. The van der Waals surface area contributed by atoms with E-state index in [1.54, 1.807) is 6.08 Å². The molecule has 0 saturated carbocycles. The van der Waals surface area contributed by atoms with Crippen molar-refractivity contribution < 1.29 is 4.42 Å². The van der Waals surface area contributed by atoms with Crippen molar-refractivity contribution in [1.82, 2.24) is 4.57 Å². The first-order valence-electron chi connectivity index (χ1n) is 25.6. The number of rotatable bonds is 14. The molecule has 358 valence electrons. The third-order valence-electron chi connectivity index (χ3n) is 14.3. The van der Waals surface area contributed by atoms with Crippen LogP contribution in [0.1, 0.15) is 24.0 Å². The second-order valence-corrected chi connectivity index (χ2v) is 19.0. The summed E-state index contributed by atoms with van der Waals surface area (Å²) in [4.78, 5) is 2.20. The number of hydrogen-bond acceptors (Lipinski definition) is 2. The number of anilines is 2. The Morgan fingerprint density at radius 3 is 1.63 bits per heavy atom. The Kier molecular flexibility index (Phi) is 12.6. The highest BCUT2D eigenvalue weighted by molar-refractivity contribution is 6.07. The summed E-state index contributed by atoms with van der Waals surface area (Å²) in [5.74, 6) is 0. The van der Waals surface area contributed by atoms with Gasteiger partial charge in [0.15, 0.2) is 0 Å². The molecule has 0 fully saturated rings. The van der Waals surface area contributed by atoms with Crippen LogP contribution in [0.3, 0.4) is 0 Å². The first kappa shape index (κ1) is 46.4. The number of nitrogens with zero attached hydrogens (tertiary/aromatic N) is 2. The van der Waals surface area contributed by atoms with Crippen molar-refractivity contribution in [2.75, 3.05) is 4.90 Å². The fourth-order valence-electron chi connectivity index (χ4n) is 10.4. The van der Waals surface area contributed by atoms with Gasteiger partial charge >= 0.3 is 0 Å². The molecule has 11 aromatic rings. The average Bonchev–Trinajstić information content (AvgIpc) is 4.04. The van der Waals surface area contributed by atoms with Crippen LogP contribution in [0.25, 0.3) is 107 Å². The van der Waals surface area contributed by atoms with E-state index in [4.69, 9.17) is 4.42 Å². The van der Waals surface area contributed by atoms with Gasteiger partial charge in [-0.3, -0.25) is 0 Å². The second-order valence-electron chi connectivity index (χ2n) is 19.0. The monoisotopic (exact) mass is 962 g/mol. The molecule has 0 radical (unpaired) electrons. The highest BCUT2D eigenvalue weighted by Crippen LogP contribution is 2.37. The number of allylic oxidation sites excluding steroid dienone is 7. The van der Waals surface area contributed by atoms with Crippen LogP contribution in [0.4, 0.5) is 11.4 Å². The summed E-state index contributed by atoms with van der Waals surface area (Å²) in [6.07, 6.45) is 20.8. The number of fused-ring (bicyclic) bond motifs is 6. The zero-order valence-electron chi connectivity index (χ0n) is 41.7. The third-order valence-corrected chi connectivity index (χ3v) is 14.3. The Labute approximate surface area is 438 Å². The van der Waals surface area contributed by atoms with E-state index in [-0.39, 0.29) is 0 Å². The molecule has 75 heavy (non-hydrogen) atoms. The summed E-state index contributed by atoms with van der Waals surface area (Å²) in [5.41, 5.74) is 19.2. The van der Waals surface area contributed by atoms with Crippen molar-refractivity contribution >= 4 is 68.0 Å². The van der Waals surface area contributed by atoms with E-state index in [1.807, 2.05) is 24.3 Å². The van der Waals surface area contributed by atoms with Gasteiger partial charge in [0.25, 0.3) is 0 Å². The fraction of sp³-hybridized carbons (Fsp3) is 0.0278. The maximum absolute atomic E-state index is 6.44. The molecule has 12 rings (SSSR count). The summed E-state index contributed by atoms with van der Waals surface area (Å²) in [7, 11) is 0. The number of hydrogen-bond donors (Lipinski definition) is 0. The van der Waals surface area contributed by atoms with Crippen molar-refractivity contribution in [3.63, 3.8) is 0 Å². The lowest BCUT2D eigenvalue weighted by atomic mass is 9.99. The summed E-state index contributed by atoms with van der Waals surface area (Å²) >= 11 is 0. The van der Waals surface area contributed by atoms with Crippen molar-refractivity contribution in [2.45, 2.75) is 12.8 Å². The quantitative estimate of drug-likeness (QED) is 0.101. The lowest BCUT2D eigenvalue weighted by Crippen LogP contribution is -2.30. The van der Waals surface area contributed by atoms with Gasteiger partial charge in [-0.1, -0.05) is 208 Å². The Morgan fingerprint density at radius 2 is 0.987 bits per heavy atom. The lowest BCUT2D eigenvalue weighted by Gasteiger charge is -2.26. The normalized spacial score (nSPS) is 12.4. The first-order chi connectivity index (χ1) is 37.0. The Morgan fingerprint density at radius 1 is 0.467 bits per heavy atom. The zero-order valence-corrected chi connectivity index (χ0v) is 41.7. The number of furan rings is 1. The van der Waals surface area contributed by atoms with Crippen LogP contribution in [0.2, 0.25) is 0 Å². The topological polar surface area (TPSA) is 21.3 Å². The van der Waals surface area contributed by atoms with Crippen LogP contribution in [-0.4, -0.2) is 4.57 Å². The minimum absolute atomic E-state index is 0.804. The van der Waals surface area contributed by atoms with Crippen molar-refractivity contribution in [3.8, 4) is 50.2 Å². The predicted octanol–water partition coefficient (Wildman–Crippen LogP) is 18.2. The molecule has 0 unspecified atom stereocenters. The maximum atomic E-state index is 6.44. The SMILES string of the molecule is C=C/C=C\C=C\c1ccc(-c2ccc(N(C(=C)/C=C\C(=C)c3ccc4oc5ccc(-c6ccc7c(c6)c6c(n7-c7ccccc7)=CCCC=6)cc5c4c3)c3ccc(-c4ccc(-c5ccccc5)cc4)cc3)cc2)cc1. The molecule has 0 spiro atoms. The number of para-hydroxylation sites is 1. The van der Waals surface area contributed by atoms with Crippen LogP contribution in [0.15, 0.2) is 279 Å². The van der Waals surface area contributed by atoms with E-state index in [2.05, 4.69) is 266 Å². The smallest absolute Gasteiger partial charge is 0.135 e. The molecule has 2 heterocycles. The molecular formula is C72H54N2O. The number of benzene rings is 9. The van der Waals surface area contributed by atoms with Crippen LogP contribution in [0, 0.1) is 0 Å². The van der Waals surface area contributed by atoms with Gasteiger partial charge in [-0.05, 0) is 153 Å². The first-order valence-corrected chi connectivity index (χ1v) is 25.6. The average molecular weight is 963 g/mol. The molecule has 0 amide bonds. The number of aromatic nitrogens is 1. The molecule has 0 atom stereocenters. The summed E-state index contributed by atoms with van der Waals surface area (Å²) < 4.78 is 8.84. The predicted molar refractivity (Wildman–Crippen MR) is 320 cm³/mol. The third kappa shape index (κ3) is 9.36. The minimum Gasteiger partial charge on any atom is -0.456 e. The molecule has 1 aliphatic carbocycles. The van der Waals surface area contributed by atoms with Crippen LogP contribution < -0.4 is 15.5 Å². The van der Waals surface area contributed by atoms with Gasteiger partial charge in [0, 0.05) is 49.5 Å². The van der Waals surface area contributed by atoms with E-state index in [9.17, 15) is 0 Å². The summed E-state index contributed by atoms with van der Waals surface area (Å²) in [6.45, 7) is 13.0. The molecule has 0 N–H and O–H groups in total. The molecule has 9 aromatic carbocycles.